The van der Waals surface area contributed by atoms with E-state index in [2.05, 4.69) is 29.2 Å². The zero-order valence-electron chi connectivity index (χ0n) is 10.6. The van der Waals surface area contributed by atoms with Gasteiger partial charge in [-0.2, -0.15) is 5.10 Å². The number of rotatable bonds is 6. The first kappa shape index (κ1) is 13.5. The Morgan fingerprint density at radius 3 is 2.94 bits per heavy atom. The van der Waals surface area contributed by atoms with Crippen LogP contribution in [0.5, 0.6) is 0 Å². The van der Waals surface area contributed by atoms with Gasteiger partial charge >= 0.3 is 0 Å². The van der Waals surface area contributed by atoms with Crippen LogP contribution in [0.25, 0.3) is 0 Å². The van der Waals surface area contributed by atoms with Gasteiger partial charge in [0.05, 0.1) is 17.4 Å². The van der Waals surface area contributed by atoms with Crippen LogP contribution in [0.3, 0.4) is 0 Å². The highest BCUT2D eigenvalue weighted by Crippen LogP contribution is 2.21. The average Bonchev–Trinajstić information content (AvgIpc) is 2.89. The second-order valence-corrected chi connectivity index (χ2v) is 6.39. The van der Waals surface area contributed by atoms with Crippen molar-refractivity contribution in [3.63, 3.8) is 0 Å². The van der Waals surface area contributed by atoms with E-state index in [0.717, 1.165) is 29.8 Å². The molecule has 6 heteroatoms. The fourth-order valence-electron chi connectivity index (χ4n) is 1.56. The molecule has 0 unspecified atom stereocenters. The lowest BCUT2D eigenvalue weighted by Crippen LogP contribution is -2.19. The van der Waals surface area contributed by atoms with Crippen LogP contribution in [0, 0.1) is 5.92 Å². The molecule has 2 heterocycles. The van der Waals surface area contributed by atoms with E-state index in [9.17, 15) is 0 Å². The summed E-state index contributed by atoms with van der Waals surface area (Å²) in [6, 6.07) is 3.93. The molecular formula is C12H17ClN4S. The minimum Gasteiger partial charge on any atom is -0.310 e. The van der Waals surface area contributed by atoms with E-state index >= 15 is 0 Å². The van der Waals surface area contributed by atoms with Crippen molar-refractivity contribution in [1.29, 1.82) is 0 Å². The third-order valence-corrected chi connectivity index (χ3v) is 3.58. The van der Waals surface area contributed by atoms with Gasteiger partial charge in [-0.05, 0) is 24.6 Å². The zero-order chi connectivity index (χ0) is 13.0. The van der Waals surface area contributed by atoms with E-state index in [1.165, 1.54) is 4.88 Å². The lowest BCUT2D eigenvalue weighted by molar-refractivity contribution is 0.540. The molecule has 0 fully saturated rings. The highest BCUT2D eigenvalue weighted by Gasteiger charge is 2.03. The summed E-state index contributed by atoms with van der Waals surface area (Å²) in [5.41, 5.74) is 0. The molecule has 0 saturated carbocycles. The third kappa shape index (κ3) is 4.08. The molecule has 98 valence electrons. The van der Waals surface area contributed by atoms with Crippen LogP contribution < -0.4 is 5.32 Å². The van der Waals surface area contributed by atoms with E-state index in [1.807, 2.05) is 16.8 Å². The summed E-state index contributed by atoms with van der Waals surface area (Å²) in [4.78, 5) is 5.46. The van der Waals surface area contributed by atoms with Gasteiger partial charge in [-0.15, -0.1) is 11.3 Å². The summed E-state index contributed by atoms with van der Waals surface area (Å²) < 4.78 is 2.65. The van der Waals surface area contributed by atoms with Gasteiger partial charge in [-0.3, -0.25) is 0 Å². The summed E-state index contributed by atoms with van der Waals surface area (Å²) >= 11 is 7.47. The Balaban J connectivity index is 1.86. The molecule has 0 radical (unpaired) electrons. The summed E-state index contributed by atoms with van der Waals surface area (Å²) in [6.45, 7) is 6.79. The maximum atomic E-state index is 5.89. The number of hydrogen-bond acceptors (Lipinski definition) is 4. The van der Waals surface area contributed by atoms with Gasteiger partial charge in [0.15, 0.2) is 5.82 Å². The molecule has 1 N–H and O–H groups in total. The lowest BCUT2D eigenvalue weighted by Gasteiger charge is -2.04. The van der Waals surface area contributed by atoms with Gasteiger partial charge in [0, 0.05) is 4.88 Å². The summed E-state index contributed by atoms with van der Waals surface area (Å²) in [6.07, 6.45) is 1.76. The van der Waals surface area contributed by atoms with Gasteiger partial charge in [0.1, 0.15) is 6.33 Å². The molecule has 0 aromatic carbocycles. The number of thiophene rings is 1. The van der Waals surface area contributed by atoms with E-state index in [4.69, 9.17) is 11.6 Å². The Morgan fingerprint density at radius 2 is 2.28 bits per heavy atom. The highest BCUT2D eigenvalue weighted by atomic mass is 35.5. The van der Waals surface area contributed by atoms with Gasteiger partial charge in [-0.25, -0.2) is 9.67 Å². The quantitative estimate of drug-likeness (QED) is 0.887. The van der Waals surface area contributed by atoms with Gasteiger partial charge < -0.3 is 5.32 Å². The van der Waals surface area contributed by atoms with Crippen molar-refractivity contribution in [1.82, 2.24) is 20.1 Å². The van der Waals surface area contributed by atoms with E-state index < -0.39 is 0 Å². The summed E-state index contributed by atoms with van der Waals surface area (Å²) in [7, 11) is 0. The molecule has 0 aliphatic rings. The predicted octanol–water partition coefficient (Wildman–Crippen LogP) is 2.79. The summed E-state index contributed by atoms with van der Waals surface area (Å²) in [5, 5.41) is 7.74. The Morgan fingerprint density at radius 1 is 1.44 bits per heavy atom. The lowest BCUT2D eigenvalue weighted by atomic mass is 10.2. The van der Waals surface area contributed by atoms with Crippen LogP contribution in [-0.2, 0) is 13.1 Å². The van der Waals surface area contributed by atoms with Crippen molar-refractivity contribution in [3.05, 3.63) is 33.5 Å². The molecule has 2 aromatic rings. The molecule has 0 spiro atoms. The van der Waals surface area contributed by atoms with Crippen LogP contribution in [-0.4, -0.2) is 21.3 Å². The van der Waals surface area contributed by atoms with E-state index in [-0.39, 0.29) is 0 Å². The molecule has 4 nitrogen and oxygen atoms in total. The van der Waals surface area contributed by atoms with Gasteiger partial charge in [-0.1, -0.05) is 25.4 Å². The van der Waals surface area contributed by atoms with Crippen molar-refractivity contribution in [3.8, 4) is 0 Å². The Kier molecular flexibility index (Phi) is 4.74. The smallest absolute Gasteiger partial charge is 0.164 e. The molecule has 18 heavy (non-hydrogen) atoms. The molecule has 0 saturated heterocycles. The van der Waals surface area contributed by atoms with Gasteiger partial charge in [0.25, 0.3) is 0 Å². The number of nitrogens with zero attached hydrogens (tertiary/aromatic N) is 3. The van der Waals surface area contributed by atoms with Crippen molar-refractivity contribution < 1.29 is 0 Å². The summed E-state index contributed by atoms with van der Waals surface area (Å²) in [5.74, 6) is 1.47. The first-order valence-electron chi connectivity index (χ1n) is 5.96. The van der Waals surface area contributed by atoms with E-state index in [0.29, 0.717) is 5.92 Å². The fourth-order valence-corrected chi connectivity index (χ4v) is 2.64. The normalized spacial score (nSPS) is 11.3. The van der Waals surface area contributed by atoms with Crippen molar-refractivity contribution >= 4 is 22.9 Å². The van der Waals surface area contributed by atoms with Crippen molar-refractivity contribution in [2.24, 2.45) is 5.92 Å². The molecule has 0 aliphatic heterocycles. The Bertz CT molecular complexity index is 492. The van der Waals surface area contributed by atoms with Crippen LogP contribution in [0.15, 0.2) is 18.5 Å². The Hall–Kier alpha value is -0.910. The first-order valence-corrected chi connectivity index (χ1v) is 7.16. The van der Waals surface area contributed by atoms with Crippen LogP contribution >= 0.6 is 22.9 Å². The van der Waals surface area contributed by atoms with Gasteiger partial charge in [0.2, 0.25) is 0 Å². The maximum absolute atomic E-state index is 5.89. The SMILES string of the molecule is CC(C)CNCc1ncn(Cc2ccc(Cl)s2)n1. The van der Waals surface area contributed by atoms with E-state index in [1.54, 1.807) is 17.7 Å². The van der Waals surface area contributed by atoms with Crippen LogP contribution in [0.1, 0.15) is 24.5 Å². The monoisotopic (exact) mass is 284 g/mol. The zero-order valence-corrected chi connectivity index (χ0v) is 12.1. The minimum atomic E-state index is 0.639. The molecule has 2 rings (SSSR count). The van der Waals surface area contributed by atoms with Crippen LogP contribution in [0.4, 0.5) is 0 Å². The molecule has 0 amide bonds. The number of nitrogens with one attached hydrogen (secondary N) is 1. The molecular weight excluding hydrogens is 268 g/mol. The first-order chi connectivity index (χ1) is 8.63. The topological polar surface area (TPSA) is 42.7 Å². The largest absolute Gasteiger partial charge is 0.310 e. The molecule has 2 aromatic heterocycles. The third-order valence-electron chi connectivity index (χ3n) is 2.37. The number of hydrogen-bond donors (Lipinski definition) is 1. The number of aromatic nitrogens is 3. The highest BCUT2D eigenvalue weighted by molar-refractivity contribution is 7.16. The Labute approximate surface area is 116 Å². The fraction of sp³-hybridized carbons (Fsp3) is 0.500. The minimum absolute atomic E-state index is 0.639. The second kappa shape index (κ2) is 6.31. The number of halogens is 1. The second-order valence-electron chi connectivity index (χ2n) is 4.59. The van der Waals surface area contributed by atoms with Crippen molar-refractivity contribution in [2.45, 2.75) is 26.9 Å². The standard InChI is InChI=1S/C12H17ClN4S/c1-9(2)5-14-6-12-15-8-17(16-12)7-10-3-4-11(13)18-10/h3-4,8-9,14H,5-7H2,1-2H3. The maximum Gasteiger partial charge on any atom is 0.164 e. The molecule has 0 atom stereocenters. The average molecular weight is 285 g/mol. The van der Waals surface area contributed by atoms with Crippen molar-refractivity contribution in [2.75, 3.05) is 6.54 Å². The molecule has 0 aliphatic carbocycles. The predicted molar refractivity (Wildman–Crippen MR) is 75.0 cm³/mol. The van der Waals surface area contributed by atoms with Crippen LogP contribution in [0.2, 0.25) is 4.34 Å². The molecule has 0 bridgehead atoms.